The normalized spacial score (nSPS) is 13.5. The third kappa shape index (κ3) is 36.1. The summed E-state index contributed by atoms with van der Waals surface area (Å²) in [5, 5.41) is 13.0. The summed E-state index contributed by atoms with van der Waals surface area (Å²) in [5.41, 5.74) is 0.656. The minimum absolute atomic E-state index is 0. The van der Waals surface area contributed by atoms with E-state index in [4.69, 9.17) is 0 Å². The molecular formula is C31H59F6HfN3Si. The number of rotatable bonds is 1. The quantitative estimate of drug-likeness (QED) is 0.154. The van der Waals surface area contributed by atoms with Crippen LogP contribution in [0.4, 0.5) is 26.3 Å². The average Bonchev–Trinajstić information content (AvgIpc) is 2.95. The van der Waals surface area contributed by atoms with Gasteiger partial charge in [0.2, 0.25) is 0 Å². The molecule has 0 aliphatic heterocycles. The Balaban J connectivity index is -0.000000233. The van der Waals surface area contributed by atoms with Crippen molar-refractivity contribution in [2.45, 2.75) is 169 Å². The van der Waals surface area contributed by atoms with Gasteiger partial charge in [-0.3, -0.25) is 0 Å². The van der Waals surface area contributed by atoms with Crippen molar-refractivity contribution < 1.29 is 52.2 Å². The van der Waals surface area contributed by atoms with Gasteiger partial charge in [-0.25, -0.2) is 12.1 Å². The average molecular weight is 794 g/mol. The first kappa shape index (κ1) is 48.8. The van der Waals surface area contributed by atoms with E-state index < -0.39 is 25.6 Å². The molecule has 0 fully saturated rings. The maximum Gasteiger partial charge on any atom is 4.00 e. The van der Waals surface area contributed by atoms with Crippen molar-refractivity contribution in [1.29, 1.82) is 0 Å². The molecule has 0 saturated carbocycles. The molecule has 1 aromatic carbocycles. The molecule has 0 spiro atoms. The molecule has 3 nitrogen and oxygen atoms in total. The second-order valence-corrected chi connectivity index (χ2v) is 18.9. The van der Waals surface area contributed by atoms with E-state index in [2.05, 4.69) is 141 Å². The van der Waals surface area contributed by atoms with Crippen molar-refractivity contribution >= 4 is 14.0 Å². The van der Waals surface area contributed by atoms with Crippen molar-refractivity contribution in [2.75, 3.05) is 0 Å². The molecule has 0 radical (unpaired) electrons. The van der Waals surface area contributed by atoms with Crippen LogP contribution in [-0.4, -0.2) is 53.6 Å². The molecule has 0 aliphatic rings. The second-order valence-electron chi connectivity index (χ2n) is 16.1. The third-order valence-electron chi connectivity index (χ3n) is 3.69. The number of halogens is 6. The molecule has 0 unspecified atom stereocenters. The zero-order valence-corrected chi connectivity index (χ0v) is 34.2. The Hall–Kier alpha value is -0.103. The van der Waals surface area contributed by atoms with Crippen LogP contribution in [0.15, 0.2) is 24.3 Å². The van der Waals surface area contributed by atoms with Gasteiger partial charge in [0.1, 0.15) is 0 Å². The fourth-order valence-corrected chi connectivity index (χ4v) is 5.90. The van der Waals surface area contributed by atoms with Crippen LogP contribution >= 0.6 is 0 Å². The number of hydrogen-bond acceptors (Lipinski definition) is 0. The molecule has 0 N–H and O–H groups in total. The third-order valence-corrected chi connectivity index (χ3v) is 6.05. The number of alkyl halides is 6. The standard InChI is InChI=1S/3C8H18N.C7H5F6Si.Hf/c3*1-7(2,3)9-8(4,5)6;8-6(9,10)14(7(11,12)13)5-3-1-2-4-5;/h3*1-6H3;1-4,14H;/q4*-1;+4. The molecule has 0 aliphatic carbocycles. The second kappa shape index (κ2) is 17.6. The molecule has 248 valence electrons. The van der Waals surface area contributed by atoms with Crippen molar-refractivity contribution in [1.82, 2.24) is 0 Å². The Kier molecular flexibility index (Phi) is 20.4. The first-order valence-electron chi connectivity index (χ1n) is 13.9. The van der Waals surface area contributed by atoms with Gasteiger partial charge < -0.3 is 16.0 Å². The van der Waals surface area contributed by atoms with Crippen LogP contribution < -0.4 is 5.19 Å². The van der Waals surface area contributed by atoms with Gasteiger partial charge in [-0.05, 0) is 0 Å². The molecule has 0 atom stereocenters. The summed E-state index contributed by atoms with van der Waals surface area (Å²) in [6, 6.07) is 4.09. The van der Waals surface area contributed by atoms with Gasteiger partial charge in [0.15, 0.2) is 0 Å². The Morgan fingerprint density at radius 3 is 0.667 bits per heavy atom. The minimum Gasteiger partial charge on any atom is -0.653 e. The molecule has 1 rings (SSSR count). The van der Waals surface area contributed by atoms with E-state index in [1.165, 1.54) is 12.1 Å². The zero-order chi connectivity index (χ0) is 34.1. The fraction of sp³-hybridized carbons (Fsp3) is 0.839. The summed E-state index contributed by atoms with van der Waals surface area (Å²) in [6.07, 6.45) is 0. The van der Waals surface area contributed by atoms with E-state index >= 15 is 0 Å². The van der Waals surface area contributed by atoms with Crippen LogP contribution in [-0.2, 0) is 25.8 Å². The summed E-state index contributed by atoms with van der Waals surface area (Å²) >= 11 is 0. The summed E-state index contributed by atoms with van der Waals surface area (Å²) in [4.78, 5) is 0. The van der Waals surface area contributed by atoms with E-state index in [-0.39, 0.29) is 59.1 Å². The first-order valence-corrected chi connectivity index (χ1v) is 15.7. The van der Waals surface area contributed by atoms with Crippen LogP contribution in [0.25, 0.3) is 16.0 Å². The van der Waals surface area contributed by atoms with Crippen LogP contribution in [0.1, 0.15) is 125 Å². The molecule has 0 amide bonds. The van der Waals surface area contributed by atoms with Gasteiger partial charge in [-0.2, -0.15) is 38.5 Å². The van der Waals surface area contributed by atoms with Gasteiger partial charge in [0, 0.05) is 0 Å². The predicted molar refractivity (Wildman–Crippen MR) is 170 cm³/mol. The van der Waals surface area contributed by atoms with Crippen molar-refractivity contribution in [3.8, 4) is 0 Å². The smallest absolute Gasteiger partial charge is 0.653 e. The summed E-state index contributed by atoms with van der Waals surface area (Å²) in [5.74, 6) is -10.3. The molecule has 0 bridgehead atoms. The summed E-state index contributed by atoms with van der Waals surface area (Å²) < 4.78 is 72.7. The first-order chi connectivity index (χ1) is 17.3. The maximum absolute atomic E-state index is 12.1. The Morgan fingerprint density at radius 1 is 0.405 bits per heavy atom. The van der Waals surface area contributed by atoms with Gasteiger partial charge >= 0.3 is 37.4 Å². The van der Waals surface area contributed by atoms with Crippen molar-refractivity contribution in [3.05, 3.63) is 40.2 Å². The topological polar surface area (TPSA) is 42.3 Å². The van der Waals surface area contributed by atoms with E-state index in [1.54, 1.807) is 0 Å². The molecule has 0 heterocycles. The molecular weight excluding hydrogens is 735 g/mol. The van der Waals surface area contributed by atoms with E-state index in [0.29, 0.717) is 0 Å². The van der Waals surface area contributed by atoms with E-state index in [9.17, 15) is 26.3 Å². The van der Waals surface area contributed by atoms with Crippen LogP contribution in [0.5, 0.6) is 0 Å². The molecule has 0 saturated heterocycles. The van der Waals surface area contributed by atoms with Crippen LogP contribution in [0.2, 0.25) is 0 Å². The summed E-state index contributed by atoms with van der Waals surface area (Å²) in [6.45, 7) is 38.2. The Bertz CT molecular complexity index is 699. The van der Waals surface area contributed by atoms with Crippen molar-refractivity contribution in [2.24, 2.45) is 0 Å². The van der Waals surface area contributed by atoms with E-state index in [0.717, 1.165) is 12.1 Å². The summed E-state index contributed by atoms with van der Waals surface area (Å²) in [7, 11) is -4.92. The van der Waals surface area contributed by atoms with Crippen LogP contribution in [0, 0.1) is 0 Å². The van der Waals surface area contributed by atoms with Gasteiger partial charge in [-0.15, -0.1) is 38.4 Å². The molecule has 11 heteroatoms. The number of nitrogens with zero attached hydrogens (tertiary/aromatic N) is 3. The molecule has 1 aromatic rings. The SMILES string of the molecule is CC(C)(C)[N-]C(C)(C)C.CC(C)(C)[N-]C(C)(C)C.CC(C)(C)[N-]C(C)(C)C.FC(F)(F)[SiH]([c-]1cccc1)C(F)(F)F.[Hf+4]. The van der Waals surface area contributed by atoms with Crippen LogP contribution in [0.3, 0.4) is 0 Å². The monoisotopic (exact) mass is 795 g/mol. The maximum atomic E-state index is 12.1. The molecule has 0 aromatic heterocycles. The zero-order valence-electron chi connectivity index (χ0n) is 29.5. The van der Waals surface area contributed by atoms with Gasteiger partial charge in [0.25, 0.3) is 8.80 Å². The minimum atomic E-state index is -5.16. The largest absolute Gasteiger partial charge is 4.00 e. The Labute approximate surface area is 274 Å². The van der Waals surface area contributed by atoms with Gasteiger partial charge in [0.05, 0.1) is 0 Å². The number of hydrogen-bond donors (Lipinski definition) is 0. The predicted octanol–water partition coefficient (Wildman–Crippen LogP) is 10.9. The van der Waals surface area contributed by atoms with E-state index in [1.807, 2.05) is 0 Å². The molecule has 42 heavy (non-hydrogen) atoms. The van der Waals surface area contributed by atoms with Crippen molar-refractivity contribution in [3.63, 3.8) is 0 Å². The van der Waals surface area contributed by atoms with Gasteiger partial charge in [-0.1, -0.05) is 125 Å². The Morgan fingerprint density at radius 2 is 0.571 bits per heavy atom. The fourth-order valence-electron chi connectivity index (χ4n) is 4.16.